The minimum absolute atomic E-state index is 0.0766. The van der Waals surface area contributed by atoms with E-state index >= 15 is 0 Å². The fourth-order valence-corrected chi connectivity index (χ4v) is 2.49. The fourth-order valence-electron chi connectivity index (χ4n) is 2.49. The molecular formula is C16H18N4O2. The molecule has 2 aromatic rings. The van der Waals surface area contributed by atoms with Gasteiger partial charge in [-0.05, 0) is 18.2 Å². The molecule has 1 aliphatic heterocycles. The molecule has 3 rings (SSSR count). The lowest BCUT2D eigenvalue weighted by Crippen LogP contribution is -2.50. The van der Waals surface area contributed by atoms with E-state index in [2.05, 4.69) is 15.2 Å². The molecule has 0 bridgehead atoms. The highest BCUT2D eigenvalue weighted by Gasteiger charge is 2.21. The standard InChI is InChI=1S/C16H18N4O2/c21-15-7-6-14(12-17-15)19-8-10-20(11-9-19)16(22)18-13-4-2-1-3-5-13/h1-7,12H,8-11H2,(H,17,21)(H,18,22). The van der Waals surface area contributed by atoms with Gasteiger partial charge in [0.2, 0.25) is 5.56 Å². The van der Waals surface area contributed by atoms with Gasteiger partial charge in [-0.15, -0.1) is 0 Å². The summed E-state index contributed by atoms with van der Waals surface area (Å²) >= 11 is 0. The molecule has 0 aliphatic carbocycles. The Morgan fingerprint density at radius 1 is 1.00 bits per heavy atom. The van der Waals surface area contributed by atoms with Crippen LogP contribution in [0.2, 0.25) is 0 Å². The zero-order valence-electron chi connectivity index (χ0n) is 12.2. The molecule has 1 fully saturated rings. The van der Waals surface area contributed by atoms with Crippen molar-refractivity contribution < 1.29 is 4.79 Å². The molecule has 2 N–H and O–H groups in total. The number of aromatic nitrogens is 1. The smallest absolute Gasteiger partial charge is 0.321 e. The number of H-pyrrole nitrogens is 1. The molecule has 2 heterocycles. The van der Waals surface area contributed by atoms with Crippen LogP contribution in [0.4, 0.5) is 16.2 Å². The summed E-state index contributed by atoms with van der Waals surface area (Å²) in [6, 6.07) is 12.7. The number of carbonyl (C=O) groups is 1. The highest BCUT2D eigenvalue weighted by atomic mass is 16.2. The summed E-state index contributed by atoms with van der Waals surface area (Å²) < 4.78 is 0. The number of nitrogens with zero attached hydrogens (tertiary/aromatic N) is 2. The Balaban J connectivity index is 1.56. The first-order valence-electron chi connectivity index (χ1n) is 7.27. The molecule has 0 atom stereocenters. The van der Waals surface area contributed by atoms with Gasteiger partial charge in [-0.25, -0.2) is 4.79 Å². The number of para-hydroxylation sites is 1. The normalized spacial score (nSPS) is 14.7. The maximum atomic E-state index is 12.2. The minimum Gasteiger partial charge on any atom is -0.367 e. The molecule has 1 aromatic carbocycles. The van der Waals surface area contributed by atoms with Crippen LogP contribution in [0, 0.1) is 0 Å². The maximum Gasteiger partial charge on any atom is 0.321 e. The number of piperazine rings is 1. The molecule has 0 radical (unpaired) electrons. The zero-order valence-corrected chi connectivity index (χ0v) is 12.2. The molecule has 0 unspecified atom stereocenters. The molecule has 6 nitrogen and oxygen atoms in total. The third-order valence-corrected chi connectivity index (χ3v) is 3.72. The van der Waals surface area contributed by atoms with Gasteiger partial charge < -0.3 is 20.1 Å². The van der Waals surface area contributed by atoms with Gasteiger partial charge >= 0.3 is 6.03 Å². The zero-order chi connectivity index (χ0) is 15.4. The first kappa shape index (κ1) is 14.2. The summed E-state index contributed by atoms with van der Waals surface area (Å²) in [5.41, 5.74) is 1.67. The third kappa shape index (κ3) is 3.28. The molecular weight excluding hydrogens is 280 g/mol. The van der Waals surface area contributed by atoms with Crippen LogP contribution in [-0.2, 0) is 0 Å². The molecule has 1 aliphatic rings. The van der Waals surface area contributed by atoms with Crippen LogP contribution in [0.1, 0.15) is 0 Å². The lowest BCUT2D eigenvalue weighted by molar-refractivity contribution is 0.208. The SMILES string of the molecule is O=C(Nc1ccccc1)N1CCN(c2ccc(=O)[nH]c2)CC1. The molecule has 2 amide bonds. The van der Waals surface area contributed by atoms with Crippen molar-refractivity contribution in [1.29, 1.82) is 0 Å². The highest BCUT2D eigenvalue weighted by Crippen LogP contribution is 2.14. The summed E-state index contributed by atoms with van der Waals surface area (Å²) in [5.74, 6) is 0. The van der Waals surface area contributed by atoms with Crippen LogP contribution < -0.4 is 15.8 Å². The van der Waals surface area contributed by atoms with E-state index in [1.54, 1.807) is 17.2 Å². The van der Waals surface area contributed by atoms with Crippen LogP contribution in [-0.4, -0.2) is 42.1 Å². The van der Waals surface area contributed by atoms with E-state index in [0.717, 1.165) is 24.5 Å². The van der Waals surface area contributed by atoms with E-state index in [1.165, 1.54) is 6.07 Å². The number of benzene rings is 1. The Morgan fingerprint density at radius 2 is 1.73 bits per heavy atom. The second-order valence-electron chi connectivity index (χ2n) is 5.18. The molecule has 22 heavy (non-hydrogen) atoms. The second kappa shape index (κ2) is 6.34. The van der Waals surface area contributed by atoms with Crippen LogP contribution in [0.5, 0.6) is 0 Å². The third-order valence-electron chi connectivity index (χ3n) is 3.72. The van der Waals surface area contributed by atoms with Gasteiger partial charge in [-0.1, -0.05) is 18.2 Å². The maximum absolute atomic E-state index is 12.2. The number of hydrogen-bond acceptors (Lipinski definition) is 3. The number of pyridine rings is 1. The molecule has 0 spiro atoms. The van der Waals surface area contributed by atoms with Crippen LogP contribution in [0.15, 0.2) is 53.5 Å². The van der Waals surface area contributed by atoms with Gasteiger partial charge in [0.05, 0.1) is 5.69 Å². The van der Waals surface area contributed by atoms with Crippen molar-refractivity contribution in [3.8, 4) is 0 Å². The van der Waals surface area contributed by atoms with Crippen molar-refractivity contribution in [1.82, 2.24) is 9.88 Å². The van der Waals surface area contributed by atoms with Gasteiger partial charge in [0.1, 0.15) is 0 Å². The van der Waals surface area contributed by atoms with Crippen molar-refractivity contribution in [2.75, 3.05) is 36.4 Å². The van der Waals surface area contributed by atoms with Crippen LogP contribution in [0.3, 0.4) is 0 Å². The number of nitrogens with one attached hydrogen (secondary N) is 2. The minimum atomic E-state index is -0.107. The Hall–Kier alpha value is -2.76. The van der Waals surface area contributed by atoms with Gasteiger partial charge in [0, 0.05) is 44.1 Å². The van der Waals surface area contributed by atoms with Crippen molar-refractivity contribution in [2.24, 2.45) is 0 Å². The lowest BCUT2D eigenvalue weighted by Gasteiger charge is -2.35. The fraction of sp³-hybridized carbons (Fsp3) is 0.250. The quantitative estimate of drug-likeness (QED) is 0.887. The number of anilines is 2. The number of hydrogen-bond donors (Lipinski definition) is 2. The number of amides is 2. The summed E-state index contributed by atoms with van der Waals surface area (Å²) in [6.07, 6.45) is 1.71. The van der Waals surface area contributed by atoms with Crippen molar-refractivity contribution >= 4 is 17.4 Å². The Morgan fingerprint density at radius 3 is 2.36 bits per heavy atom. The number of carbonyl (C=O) groups excluding carboxylic acids is 1. The first-order valence-corrected chi connectivity index (χ1v) is 7.27. The molecule has 0 saturated carbocycles. The van der Waals surface area contributed by atoms with Gasteiger partial charge in [0.25, 0.3) is 0 Å². The first-order chi connectivity index (χ1) is 10.7. The van der Waals surface area contributed by atoms with Gasteiger partial charge in [-0.3, -0.25) is 4.79 Å². The Labute approximate surface area is 128 Å². The molecule has 114 valence electrons. The van der Waals surface area contributed by atoms with Crippen molar-refractivity contribution in [3.05, 3.63) is 59.0 Å². The summed E-state index contributed by atoms with van der Waals surface area (Å²) in [4.78, 5) is 29.9. The van der Waals surface area contributed by atoms with E-state index in [4.69, 9.17) is 0 Å². The van der Waals surface area contributed by atoms with E-state index < -0.39 is 0 Å². The van der Waals surface area contributed by atoms with Gasteiger partial charge in [-0.2, -0.15) is 0 Å². The monoisotopic (exact) mass is 298 g/mol. The molecule has 6 heteroatoms. The van der Waals surface area contributed by atoms with Crippen LogP contribution in [0.25, 0.3) is 0 Å². The Kier molecular flexibility index (Phi) is 4.09. The Bertz CT molecular complexity index is 670. The highest BCUT2D eigenvalue weighted by molar-refractivity contribution is 5.89. The predicted octanol–water partition coefficient (Wildman–Crippen LogP) is 1.73. The van der Waals surface area contributed by atoms with Crippen molar-refractivity contribution in [2.45, 2.75) is 0 Å². The molecule has 1 aromatic heterocycles. The molecule has 1 saturated heterocycles. The predicted molar refractivity (Wildman–Crippen MR) is 86.3 cm³/mol. The average molecular weight is 298 g/mol. The number of aromatic amines is 1. The van der Waals surface area contributed by atoms with E-state index in [9.17, 15) is 9.59 Å². The van der Waals surface area contributed by atoms with E-state index in [0.29, 0.717) is 13.1 Å². The van der Waals surface area contributed by atoms with Gasteiger partial charge in [0.15, 0.2) is 0 Å². The van der Waals surface area contributed by atoms with Crippen molar-refractivity contribution in [3.63, 3.8) is 0 Å². The number of urea groups is 1. The summed E-state index contributed by atoms with van der Waals surface area (Å²) in [6.45, 7) is 2.79. The van der Waals surface area contributed by atoms with E-state index in [1.807, 2.05) is 30.3 Å². The van der Waals surface area contributed by atoms with Crippen LogP contribution >= 0.6 is 0 Å². The summed E-state index contributed by atoms with van der Waals surface area (Å²) in [5, 5.41) is 2.89. The largest absolute Gasteiger partial charge is 0.367 e. The second-order valence-corrected chi connectivity index (χ2v) is 5.18. The van der Waals surface area contributed by atoms with E-state index in [-0.39, 0.29) is 11.6 Å². The topological polar surface area (TPSA) is 68.4 Å². The number of rotatable bonds is 2. The average Bonchev–Trinajstić information content (AvgIpc) is 2.57. The lowest BCUT2D eigenvalue weighted by atomic mass is 10.3. The summed E-state index contributed by atoms with van der Waals surface area (Å²) in [7, 11) is 0.